The fourth-order valence-electron chi connectivity index (χ4n) is 4.08. The predicted molar refractivity (Wildman–Crippen MR) is 123 cm³/mol. The molecule has 1 fully saturated rings. The van der Waals surface area contributed by atoms with Gasteiger partial charge in [-0.2, -0.15) is 0 Å². The van der Waals surface area contributed by atoms with Gasteiger partial charge in [0, 0.05) is 31.9 Å². The maximum Gasteiger partial charge on any atom is 0.164 e. The number of likely N-dealkylation sites (tertiary alicyclic amines) is 1. The molecule has 31 heavy (non-hydrogen) atoms. The molecule has 0 amide bonds. The molecular formula is C24H29F2N3OS. The van der Waals surface area contributed by atoms with Crippen LogP contribution in [0.4, 0.5) is 14.5 Å². The summed E-state index contributed by atoms with van der Waals surface area (Å²) in [6.45, 7) is 3.92. The number of thioether (sulfide) groups is 1. The maximum absolute atomic E-state index is 13.4. The molecule has 1 saturated heterocycles. The lowest BCUT2D eigenvalue weighted by atomic mass is 10.0. The van der Waals surface area contributed by atoms with Gasteiger partial charge in [0.25, 0.3) is 0 Å². The first-order chi connectivity index (χ1) is 15.1. The highest BCUT2D eigenvalue weighted by Crippen LogP contribution is 2.33. The van der Waals surface area contributed by atoms with Gasteiger partial charge in [0.15, 0.2) is 5.17 Å². The highest BCUT2D eigenvalue weighted by molar-refractivity contribution is 8.13. The fraction of sp³-hybridized carbons (Fsp3) is 0.458. The molecule has 166 valence electrons. The quantitative estimate of drug-likeness (QED) is 0.530. The number of fused-ring (bicyclic) bond motifs is 1. The molecule has 0 atom stereocenters. The number of benzene rings is 2. The minimum Gasteiger partial charge on any atom is -0.494 e. The van der Waals surface area contributed by atoms with E-state index in [1.165, 1.54) is 18.2 Å². The van der Waals surface area contributed by atoms with Crippen molar-refractivity contribution in [2.75, 3.05) is 33.3 Å². The molecule has 2 aliphatic heterocycles. The van der Waals surface area contributed by atoms with Crippen LogP contribution in [0.5, 0.6) is 5.75 Å². The van der Waals surface area contributed by atoms with Crippen LogP contribution >= 0.6 is 11.8 Å². The van der Waals surface area contributed by atoms with Crippen LogP contribution in [0.15, 0.2) is 47.5 Å². The normalized spacial score (nSPS) is 17.2. The van der Waals surface area contributed by atoms with E-state index in [1.54, 1.807) is 36.0 Å². The van der Waals surface area contributed by atoms with E-state index >= 15 is 0 Å². The molecule has 2 aliphatic rings. The molecule has 0 saturated carbocycles. The number of unbranched alkanes of at least 4 members (excludes halogenated alkanes) is 1. The molecule has 7 heteroatoms. The van der Waals surface area contributed by atoms with Gasteiger partial charge in [-0.25, -0.2) is 13.8 Å². The molecule has 0 aromatic heterocycles. The molecule has 2 aromatic carbocycles. The first kappa shape index (κ1) is 22.1. The van der Waals surface area contributed by atoms with Crippen molar-refractivity contribution >= 4 is 22.6 Å². The van der Waals surface area contributed by atoms with Gasteiger partial charge in [0.2, 0.25) is 0 Å². The number of hydrogen-bond acceptors (Lipinski definition) is 5. The van der Waals surface area contributed by atoms with Gasteiger partial charge in [-0.15, -0.1) is 0 Å². The predicted octanol–water partition coefficient (Wildman–Crippen LogP) is 5.45. The Morgan fingerprint density at radius 2 is 1.81 bits per heavy atom. The summed E-state index contributed by atoms with van der Waals surface area (Å²) in [5, 5.41) is 1.04. The minimum absolute atomic E-state index is 0.194. The minimum atomic E-state index is -0.240. The van der Waals surface area contributed by atoms with Gasteiger partial charge >= 0.3 is 0 Å². The smallest absolute Gasteiger partial charge is 0.164 e. The molecule has 2 heterocycles. The number of rotatable bonds is 7. The standard InChI is InChI=1S/C24H29F2N3OS/c1-28(24-27-23-9-6-20(26)16-18(23)17-31-24)21-10-13-29(14-11-21)12-2-3-15-30-22-7-4-19(25)5-8-22/h4-9,16,21H,2-3,10-15,17H2,1H3. The second kappa shape index (κ2) is 10.5. The Hall–Kier alpha value is -2.12. The lowest BCUT2D eigenvalue weighted by Crippen LogP contribution is -2.45. The van der Waals surface area contributed by atoms with Crippen molar-refractivity contribution in [2.45, 2.75) is 37.5 Å². The molecule has 0 N–H and O–H groups in total. The van der Waals surface area contributed by atoms with Crippen molar-refractivity contribution in [3.05, 3.63) is 59.7 Å². The van der Waals surface area contributed by atoms with Gasteiger partial charge < -0.3 is 14.5 Å². The number of hydrogen-bond donors (Lipinski definition) is 0. The van der Waals surface area contributed by atoms with Gasteiger partial charge in [-0.1, -0.05) is 11.8 Å². The number of piperidine rings is 1. The third kappa shape index (κ3) is 5.98. The molecule has 0 spiro atoms. The van der Waals surface area contributed by atoms with Crippen LogP contribution in [-0.4, -0.2) is 54.3 Å². The van der Waals surface area contributed by atoms with Gasteiger partial charge in [0.05, 0.1) is 12.3 Å². The van der Waals surface area contributed by atoms with Crippen LogP contribution in [0.25, 0.3) is 0 Å². The number of halogens is 2. The Bertz CT molecular complexity index is 898. The lowest BCUT2D eigenvalue weighted by molar-refractivity contribution is 0.162. The van der Waals surface area contributed by atoms with E-state index in [9.17, 15) is 8.78 Å². The molecule has 4 rings (SSSR count). The van der Waals surface area contributed by atoms with E-state index < -0.39 is 0 Å². The summed E-state index contributed by atoms with van der Waals surface area (Å²) in [6, 6.07) is 11.5. The Labute approximate surface area is 187 Å². The summed E-state index contributed by atoms with van der Waals surface area (Å²) in [7, 11) is 2.13. The van der Waals surface area contributed by atoms with E-state index in [0.29, 0.717) is 12.6 Å². The van der Waals surface area contributed by atoms with Crippen molar-refractivity contribution < 1.29 is 13.5 Å². The van der Waals surface area contributed by atoms with Gasteiger partial charge in [-0.05, 0) is 80.3 Å². The van der Waals surface area contributed by atoms with Crippen molar-refractivity contribution in [3.8, 4) is 5.75 Å². The summed E-state index contributed by atoms with van der Waals surface area (Å²) in [5.74, 6) is 1.06. The number of ether oxygens (including phenoxy) is 1. The zero-order valence-corrected chi connectivity index (χ0v) is 18.7. The zero-order valence-electron chi connectivity index (χ0n) is 17.9. The third-order valence-electron chi connectivity index (χ3n) is 5.97. The average molecular weight is 446 g/mol. The molecule has 0 radical (unpaired) electrons. The van der Waals surface area contributed by atoms with Crippen molar-refractivity contribution in [3.63, 3.8) is 0 Å². The second-order valence-corrected chi connectivity index (χ2v) is 9.09. The van der Waals surface area contributed by atoms with Crippen LogP contribution in [0.1, 0.15) is 31.2 Å². The molecule has 0 aliphatic carbocycles. The van der Waals surface area contributed by atoms with E-state index in [0.717, 1.165) is 73.2 Å². The number of aliphatic imine (C=N–C) groups is 1. The van der Waals surface area contributed by atoms with Crippen molar-refractivity contribution in [2.24, 2.45) is 4.99 Å². The van der Waals surface area contributed by atoms with Crippen molar-refractivity contribution in [1.82, 2.24) is 9.80 Å². The van der Waals surface area contributed by atoms with E-state index in [-0.39, 0.29) is 11.6 Å². The zero-order chi connectivity index (χ0) is 21.6. The maximum atomic E-state index is 13.4. The Morgan fingerprint density at radius 3 is 2.58 bits per heavy atom. The van der Waals surface area contributed by atoms with E-state index in [2.05, 4.69) is 16.8 Å². The van der Waals surface area contributed by atoms with E-state index in [1.807, 2.05) is 0 Å². The van der Waals surface area contributed by atoms with Crippen LogP contribution in [0.2, 0.25) is 0 Å². The SMILES string of the molecule is CN(C1=Nc2ccc(F)cc2CS1)C1CCN(CCCCOc2ccc(F)cc2)CC1. The third-order valence-corrected chi connectivity index (χ3v) is 7.06. The monoisotopic (exact) mass is 445 g/mol. The topological polar surface area (TPSA) is 28.1 Å². The average Bonchev–Trinajstić information content (AvgIpc) is 2.79. The first-order valence-corrected chi connectivity index (χ1v) is 11.9. The van der Waals surface area contributed by atoms with Gasteiger partial charge in [-0.3, -0.25) is 0 Å². The summed E-state index contributed by atoms with van der Waals surface area (Å²) in [5.41, 5.74) is 1.86. The molecule has 0 bridgehead atoms. The summed E-state index contributed by atoms with van der Waals surface area (Å²) < 4.78 is 32.0. The number of nitrogens with zero attached hydrogens (tertiary/aromatic N) is 3. The highest BCUT2D eigenvalue weighted by Gasteiger charge is 2.26. The molecule has 0 unspecified atom stereocenters. The van der Waals surface area contributed by atoms with Crippen LogP contribution in [-0.2, 0) is 5.75 Å². The van der Waals surface area contributed by atoms with Crippen molar-refractivity contribution in [1.29, 1.82) is 0 Å². The molecule has 4 nitrogen and oxygen atoms in total. The fourth-order valence-corrected chi connectivity index (χ4v) is 5.11. The van der Waals surface area contributed by atoms with E-state index in [4.69, 9.17) is 9.73 Å². The Morgan fingerprint density at radius 1 is 1.06 bits per heavy atom. The summed E-state index contributed by atoms with van der Waals surface area (Å²) in [4.78, 5) is 9.61. The largest absolute Gasteiger partial charge is 0.494 e. The van der Waals surface area contributed by atoms with Crippen LogP contribution < -0.4 is 4.74 Å². The number of amidine groups is 1. The van der Waals surface area contributed by atoms with Gasteiger partial charge in [0.1, 0.15) is 17.4 Å². The Kier molecular flexibility index (Phi) is 7.45. The van der Waals surface area contributed by atoms with Crippen LogP contribution in [0, 0.1) is 11.6 Å². The summed E-state index contributed by atoms with van der Waals surface area (Å²) >= 11 is 1.70. The lowest BCUT2D eigenvalue weighted by Gasteiger charge is -2.38. The molecule has 2 aromatic rings. The Balaban J connectivity index is 1.16. The highest BCUT2D eigenvalue weighted by atomic mass is 32.2. The van der Waals surface area contributed by atoms with Crippen LogP contribution in [0.3, 0.4) is 0 Å². The first-order valence-electron chi connectivity index (χ1n) is 10.9. The molecular weight excluding hydrogens is 416 g/mol. The summed E-state index contributed by atoms with van der Waals surface area (Å²) in [6.07, 6.45) is 4.33. The second-order valence-electron chi connectivity index (χ2n) is 8.15.